The minimum absolute atomic E-state index is 0.191. The molecule has 0 bridgehead atoms. The van der Waals surface area contributed by atoms with Gasteiger partial charge in [-0.05, 0) is 29.8 Å². The zero-order valence-electron chi connectivity index (χ0n) is 13.8. The first-order valence-corrected chi connectivity index (χ1v) is 7.53. The van der Waals surface area contributed by atoms with Gasteiger partial charge in [-0.15, -0.1) is 0 Å². The highest BCUT2D eigenvalue weighted by Gasteiger charge is 2.16. The van der Waals surface area contributed by atoms with Crippen molar-refractivity contribution >= 4 is 0 Å². The highest BCUT2D eigenvalue weighted by Crippen LogP contribution is 2.39. The van der Waals surface area contributed by atoms with Crippen molar-refractivity contribution in [1.82, 2.24) is 0 Å². The fourth-order valence-corrected chi connectivity index (χ4v) is 2.54. The fourth-order valence-electron chi connectivity index (χ4n) is 2.54. The van der Waals surface area contributed by atoms with Gasteiger partial charge in [-0.25, -0.2) is 4.39 Å². The Hall–Kier alpha value is -2.27. The second-order valence-electron chi connectivity index (χ2n) is 5.15. The van der Waals surface area contributed by atoms with Crippen molar-refractivity contribution in [3.05, 3.63) is 53.3 Å². The van der Waals surface area contributed by atoms with E-state index in [9.17, 15) is 4.39 Å². The summed E-state index contributed by atoms with van der Waals surface area (Å²) in [4.78, 5) is 0. The van der Waals surface area contributed by atoms with Crippen LogP contribution in [0, 0.1) is 5.82 Å². The van der Waals surface area contributed by atoms with Gasteiger partial charge in [0.1, 0.15) is 12.4 Å². The van der Waals surface area contributed by atoms with Crippen LogP contribution in [0.5, 0.6) is 17.2 Å². The Bertz CT molecular complexity index is 646. The van der Waals surface area contributed by atoms with Crippen LogP contribution in [0.25, 0.3) is 0 Å². The van der Waals surface area contributed by atoms with Gasteiger partial charge < -0.3 is 19.5 Å². The number of benzene rings is 2. The number of ether oxygens (including phenoxy) is 3. The number of methoxy groups -OCH3 is 3. The SMILES string of the molecule is COc1ccc(C[NH2+]CCc2cccc(F)c2)c(OC)c1OC. The van der Waals surface area contributed by atoms with E-state index in [4.69, 9.17) is 14.2 Å². The Morgan fingerprint density at radius 1 is 0.957 bits per heavy atom. The predicted octanol–water partition coefficient (Wildman–Crippen LogP) is 2.16. The van der Waals surface area contributed by atoms with Crippen molar-refractivity contribution in [3.63, 3.8) is 0 Å². The van der Waals surface area contributed by atoms with Gasteiger partial charge >= 0.3 is 0 Å². The quantitative estimate of drug-likeness (QED) is 0.758. The summed E-state index contributed by atoms with van der Waals surface area (Å²) in [5.41, 5.74) is 2.03. The molecule has 4 nitrogen and oxygen atoms in total. The molecule has 0 aromatic heterocycles. The lowest BCUT2D eigenvalue weighted by atomic mass is 10.1. The van der Waals surface area contributed by atoms with Crippen molar-refractivity contribution in [2.24, 2.45) is 0 Å². The van der Waals surface area contributed by atoms with Gasteiger partial charge in [-0.1, -0.05) is 12.1 Å². The Balaban J connectivity index is 1.97. The van der Waals surface area contributed by atoms with E-state index in [2.05, 4.69) is 5.32 Å². The molecule has 2 N–H and O–H groups in total. The van der Waals surface area contributed by atoms with E-state index in [1.54, 1.807) is 33.5 Å². The maximum atomic E-state index is 13.1. The summed E-state index contributed by atoms with van der Waals surface area (Å²) >= 11 is 0. The van der Waals surface area contributed by atoms with Crippen molar-refractivity contribution in [2.75, 3.05) is 27.9 Å². The number of halogens is 1. The zero-order chi connectivity index (χ0) is 16.7. The van der Waals surface area contributed by atoms with Gasteiger partial charge in [-0.2, -0.15) is 0 Å². The summed E-state index contributed by atoms with van der Waals surface area (Å²) in [5.74, 6) is 1.75. The monoisotopic (exact) mass is 320 g/mol. The Labute approximate surface area is 136 Å². The first kappa shape index (κ1) is 17.1. The predicted molar refractivity (Wildman–Crippen MR) is 86.7 cm³/mol. The molecule has 0 aliphatic rings. The van der Waals surface area contributed by atoms with Crippen LogP contribution in [0.15, 0.2) is 36.4 Å². The van der Waals surface area contributed by atoms with E-state index in [1.807, 2.05) is 18.2 Å². The van der Waals surface area contributed by atoms with Crippen molar-refractivity contribution in [2.45, 2.75) is 13.0 Å². The van der Waals surface area contributed by atoms with Crippen LogP contribution in [-0.2, 0) is 13.0 Å². The van der Waals surface area contributed by atoms with E-state index < -0.39 is 0 Å². The normalized spacial score (nSPS) is 10.4. The molecule has 2 aromatic rings. The molecule has 0 unspecified atom stereocenters. The molecule has 0 amide bonds. The molecule has 0 spiro atoms. The number of quaternary nitrogens is 1. The van der Waals surface area contributed by atoms with Gasteiger partial charge in [0.15, 0.2) is 11.5 Å². The molecule has 0 atom stereocenters. The highest BCUT2D eigenvalue weighted by molar-refractivity contribution is 5.55. The molecule has 23 heavy (non-hydrogen) atoms. The minimum Gasteiger partial charge on any atom is -0.493 e. The number of nitrogens with two attached hydrogens (primary N) is 1. The van der Waals surface area contributed by atoms with Crippen LogP contribution in [0.1, 0.15) is 11.1 Å². The molecule has 0 saturated heterocycles. The van der Waals surface area contributed by atoms with Gasteiger partial charge in [0.05, 0.1) is 33.4 Å². The van der Waals surface area contributed by atoms with E-state index >= 15 is 0 Å². The van der Waals surface area contributed by atoms with Gasteiger partial charge in [-0.3, -0.25) is 0 Å². The first-order chi connectivity index (χ1) is 11.2. The van der Waals surface area contributed by atoms with Gasteiger partial charge in [0.25, 0.3) is 0 Å². The zero-order valence-corrected chi connectivity index (χ0v) is 13.8. The fraction of sp³-hybridized carbons (Fsp3) is 0.333. The second kappa shape index (κ2) is 8.39. The Kier molecular flexibility index (Phi) is 6.23. The summed E-state index contributed by atoms with van der Waals surface area (Å²) < 4.78 is 29.3. The molecular weight excluding hydrogens is 297 g/mol. The standard InChI is InChI=1S/C18H22FNO3/c1-21-16-8-7-14(17(22-2)18(16)23-3)12-20-10-9-13-5-4-6-15(19)11-13/h4-8,11,20H,9-10,12H2,1-3H3/p+1. The van der Waals surface area contributed by atoms with Crippen molar-refractivity contribution in [1.29, 1.82) is 0 Å². The lowest BCUT2D eigenvalue weighted by Crippen LogP contribution is -2.83. The Morgan fingerprint density at radius 2 is 1.74 bits per heavy atom. The summed E-state index contributed by atoms with van der Waals surface area (Å²) in [6.07, 6.45) is 0.813. The van der Waals surface area contributed by atoms with Gasteiger partial charge in [0.2, 0.25) is 5.75 Å². The molecule has 0 radical (unpaired) electrons. The summed E-state index contributed by atoms with van der Waals surface area (Å²) in [6, 6.07) is 10.6. The number of hydrogen-bond acceptors (Lipinski definition) is 3. The lowest BCUT2D eigenvalue weighted by molar-refractivity contribution is -0.670. The van der Waals surface area contributed by atoms with Crippen LogP contribution in [0.2, 0.25) is 0 Å². The van der Waals surface area contributed by atoms with Gasteiger partial charge in [0, 0.05) is 6.42 Å². The van der Waals surface area contributed by atoms with Crippen molar-refractivity contribution in [3.8, 4) is 17.2 Å². The number of rotatable bonds is 8. The van der Waals surface area contributed by atoms with Crippen LogP contribution in [0.3, 0.4) is 0 Å². The van der Waals surface area contributed by atoms with E-state index in [-0.39, 0.29) is 5.82 Å². The molecule has 0 aliphatic heterocycles. The maximum absolute atomic E-state index is 13.1. The summed E-state index contributed by atoms with van der Waals surface area (Å²) in [7, 11) is 4.81. The molecule has 0 aliphatic carbocycles. The van der Waals surface area contributed by atoms with Crippen LogP contribution in [-0.4, -0.2) is 27.9 Å². The van der Waals surface area contributed by atoms with Crippen LogP contribution in [0.4, 0.5) is 4.39 Å². The molecule has 0 saturated carbocycles. The third-order valence-corrected chi connectivity index (χ3v) is 3.68. The third kappa shape index (κ3) is 4.36. The summed E-state index contributed by atoms with van der Waals surface area (Å²) in [6.45, 7) is 1.61. The van der Waals surface area contributed by atoms with Crippen LogP contribution < -0.4 is 19.5 Å². The molecule has 0 heterocycles. The number of hydrogen-bond donors (Lipinski definition) is 1. The second-order valence-corrected chi connectivity index (χ2v) is 5.15. The first-order valence-electron chi connectivity index (χ1n) is 7.53. The topological polar surface area (TPSA) is 44.3 Å². The van der Waals surface area contributed by atoms with E-state index in [0.29, 0.717) is 17.2 Å². The molecule has 0 fully saturated rings. The van der Waals surface area contributed by atoms with E-state index in [0.717, 1.165) is 30.6 Å². The summed E-state index contributed by atoms with van der Waals surface area (Å²) in [5, 5.41) is 2.16. The Morgan fingerprint density at radius 3 is 2.39 bits per heavy atom. The molecule has 124 valence electrons. The van der Waals surface area contributed by atoms with E-state index in [1.165, 1.54) is 6.07 Å². The smallest absolute Gasteiger partial charge is 0.203 e. The average Bonchev–Trinajstić information content (AvgIpc) is 2.57. The molecule has 2 rings (SSSR count). The lowest BCUT2D eigenvalue weighted by Gasteiger charge is -2.15. The highest BCUT2D eigenvalue weighted by atomic mass is 19.1. The van der Waals surface area contributed by atoms with Crippen LogP contribution >= 0.6 is 0 Å². The maximum Gasteiger partial charge on any atom is 0.203 e. The third-order valence-electron chi connectivity index (χ3n) is 3.68. The largest absolute Gasteiger partial charge is 0.493 e. The molecule has 2 aromatic carbocycles. The molecular formula is C18H23FNO3+. The average molecular weight is 320 g/mol. The molecule has 5 heteroatoms. The minimum atomic E-state index is -0.191. The van der Waals surface area contributed by atoms with Crippen molar-refractivity contribution < 1.29 is 23.9 Å².